The Morgan fingerprint density at radius 3 is 2.80 bits per heavy atom. The lowest BCUT2D eigenvalue weighted by Gasteiger charge is -2.21. The molecule has 2 fully saturated rings. The maximum atomic E-state index is 5.36. The Bertz CT molecular complexity index is 464. The number of hydrogen-bond donors (Lipinski definition) is 1. The van der Waals surface area contributed by atoms with Crippen molar-refractivity contribution in [3.63, 3.8) is 0 Å². The molecule has 2 unspecified atom stereocenters. The summed E-state index contributed by atoms with van der Waals surface area (Å²) in [6.45, 7) is 3.45. The topological polar surface area (TPSA) is 33.7 Å². The van der Waals surface area contributed by atoms with Gasteiger partial charge in [0.2, 0.25) is 0 Å². The maximum absolute atomic E-state index is 5.36. The van der Waals surface area contributed by atoms with E-state index in [1.54, 1.807) is 14.2 Å². The zero-order chi connectivity index (χ0) is 13.9. The fourth-order valence-electron chi connectivity index (χ4n) is 3.56. The zero-order valence-electron chi connectivity index (χ0n) is 12.4. The zero-order valence-corrected chi connectivity index (χ0v) is 12.4. The van der Waals surface area contributed by atoms with E-state index in [2.05, 4.69) is 22.3 Å². The van der Waals surface area contributed by atoms with Crippen molar-refractivity contribution in [1.82, 2.24) is 10.2 Å². The van der Waals surface area contributed by atoms with Crippen LogP contribution in [0.1, 0.15) is 24.8 Å². The van der Waals surface area contributed by atoms with Gasteiger partial charge in [0.05, 0.1) is 14.2 Å². The lowest BCUT2D eigenvalue weighted by Crippen LogP contribution is -2.38. The van der Waals surface area contributed by atoms with E-state index in [-0.39, 0.29) is 0 Å². The quantitative estimate of drug-likeness (QED) is 0.892. The summed E-state index contributed by atoms with van der Waals surface area (Å²) in [7, 11) is 3.35. The Labute approximate surface area is 121 Å². The lowest BCUT2D eigenvalue weighted by atomic mass is 10.1. The number of hydrogen-bond acceptors (Lipinski definition) is 4. The number of ether oxygens (including phenoxy) is 2. The molecule has 1 N–H and O–H groups in total. The van der Waals surface area contributed by atoms with E-state index in [1.807, 2.05) is 6.07 Å². The smallest absolute Gasteiger partial charge is 0.161 e. The lowest BCUT2D eigenvalue weighted by molar-refractivity contribution is 0.298. The van der Waals surface area contributed by atoms with E-state index in [0.29, 0.717) is 6.04 Å². The van der Waals surface area contributed by atoms with Crippen LogP contribution < -0.4 is 14.8 Å². The van der Waals surface area contributed by atoms with Gasteiger partial charge in [0.25, 0.3) is 0 Å². The van der Waals surface area contributed by atoms with Crippen LogP contribution in [0.2, 0.25) is 0 Å². The second-order valence-corrected chi connectivity index (χ2v) is 5.71. The van der Waals surface area contributed by atoms with Gasteiger partial charge in [0.1, 0.15) is 0 Å². The fourth-order valence-corrected chi connectivity index (χ4v) is 3.56. The number of nitrogens with one attached hydrogen (secondary N) is 1. The van der Waals surface area contributed by atoms with Gasteiger partial charge in [-0.05, 0) is 43.5 Å². The van der Waals surface area contributed by atoms with E-state index in [0.717, 1.165) is 24.1 Å². The molecule has 0 radical (unpaired) electrons. The molecule has 110 valence electrons. The molecule has 0 saturated carbocycles. The Kier molecular flexibility index (Phi) is 4.13. The minimum Gasteiger partial charge on any atom is -0.493 e. The highest BCUT2D eigenvalue weighted by Crippen LogP contribution is 2.29. The van der Waals surface area contributed by atoms with Crippen molar-refractivity contribution in [2.75, 3.05) is 27.3 Å². The SMILES string of the molecule is COc1ccc(CNC2CCN3CCCC23)cc1OC. The first-order valence-electron chi connectivity index (χ1n) is 7.50. The van der Waals surface area contributed by atoms with Crippen LogP contribution in [0.25, 0.3) is 0 Å². The van der Waals surface area contributed by atoms with Gasteiger partial charge in [-0.1, -0.05) is 6.07 Å². The van der Waals surface area contributed by atoms with Crippen molar-refractivity contribution in [2.45, 2.75) is 37.9 Å². The van der Waals surface area contributed by atoms with Crippen molar-refractivity contribution in [1.29, 1.82) is 0 Å². The molecule has 3 rings (SSSR count). The first-order valence-corrected chi connectivity index (χ1v) is 7.50. The summed E-state index contributed by atoms with van der Waals surface area (Å²) >= 11 is 0. The molecule has 2 heterocycles. The first-order chi connectivity index (χ1) is 9.81. The van der Waals surface area contributed by atoms with E-state index < -0.39 is 0 Å². The molecule has 0 aromatic heterocycles. The highest BCUT2D eigenvalue weighted by Gasteiger charge is 2.36. The summed E-state index contributed by atoms with van der Waals surface area (Å²) in [5, 5.41) is 3.72. The van der Waals surface area contributed by atoms with E-state index >= 15 is 0 Å². The summed E-state index contributed by atoms with van der Waals surface area (Å²) in [5.74, 6) is 1.60. The molecule has 2 saturated heterocycles. The van der Waals surface area contributed by atoms with Crippen molar-refractivity contribution in [3.05, 3.63) is 23.8 Å². The molecule has 0 bridgehead atoms. The van der Waals surface area contributed by atoms with Crippen LogP contribution in [-0.2, 0) is 6.54 Å². The Morgan fingerprint density at radius 1 is 1.15 bits per heavy atom. The molecule has 1 aromatic carbocycles. The van der Waals surface area contributed by atoms with Crippen LogP contribution in [0.5, 0.6) is 11.5 Å². The minimum atomic E-state index is 0.644. The third-order valence-corrected chi connectivity index (χ3v) is 4.62. The summed E-state index contributed by atoms with van der Waals surface area (Å²) in [6, 6.07) is 7.55. The fraction of sp³-hybridized carbons (Fsp3) is 0.625. The Balaban J connectivity index is 1.61. The molecular formula is C16H24N2O2. The van der Waals surface area contributed by atoms with Crippen LogP contribution in [0.4, 0.5) is 0 Å². The number of fused-ring (bicyclic) bond motifs is 1. The standard InChI is InChI=1S/C16H24N2O2/c1-19-15-6-5-12(10-16(15)20-2)11-17-13-7-9-18-8-3-4-14(13)18/h5-6,10,13-14,17H,3-4,7-9,11H2,1-2H3. The molecule has 4 nitrogen and oxygen atoms in total. The molecule has 1 aromatic rings. The molecule has 2 aliphatic rings. The first kappa shape index (κ1) is 13.7. The molecule has 20 heavy (non-hydrogen) atoms. The summed E-state index contributed by atoms with van der Waals surface area (Å²) in [4.78, 5) is 2.63. The van der Waals surface area contributed by atoms with Crippen LogP contribution >= 0.6 is 0 Å². The third-order valence-electron chi connectivity index (χ3n) is 4.62. The third kappa shape index (κ3) is 2.63. The summed E-state index contributed by atoms with van der Waals surface area (Å²) in [5.41, 5.74) is 1.25. The van der Waals surface area contributed by atoms with E-state index in [4.69, 9.17) is 9.47 Å². The van der Waals surface area contributed by atoms with Crippen LogP contribution in [-0.4, -0.2) is 44.3 Å². The van der Waals surface area contributed by atoms with Gasteiger partial charge in [-0.2, -0.15) is 0 Å². The largest absolute Gasteiger partial charge is 0.493 e. The van der Waals surface area contributed by atoms with Gasteiger partial charge < -0.3 is 14.8 Å². The van der Waals surface area contributed by atoms with Gasteiger partial charge in [-0.3, -0.25) is 4.90 Å². The summed E-state index contributed by atoms with van der Waals surface area (Å²) in [6.07, 6.45) is 3.99. The van der Waals surface area contributed by atoms with Crippen molar-refractivity contribution in [3.8, 4) is 11.5 Å². The number of benzene rings is 1. The highest BCUT2D eigenvalue weighted by molar-refractivity contribution is 5.42. The normalized spacial score (nSPS) is 25.7. The van der Waals surface area contributed by atoms with Crippen molar-refractivity contribution in [2.24, 2.45) is 0 Å². The highest BCUT2D eigenvalue weighted by atomic mass is 16.5. The van der Waals surface area contributed by atoms with Crippen LogP contribution in [0, 0.1) is 0 Å². The molecule has 2 atom stereocenters. The van der Waals surface area contributed by atoms with E-state index in [1.165, 1.54) is 37.9 Å². The Hall–Kier alpha value is -1.26. The van der Waals surface area contributed by atoms with E-state index in [9.17, 15) is 0 Å². The monoisotopic (exact) mass is 276 g/mol. The number of nitrogens with zero attached hydrogens (tertiary/aromatic N) is 1. The van der Waals surface area contributed by atoms with Gasteiger partial charge in [0.15, 0.2) is 11.5 Å². The van der Waals surface area contributed by atoms with Crippen LogP contribution in [0.3, 0.4) is 0 Å². The molecular weight excluding hydrogens is 252 g/mol. The van der Waals surface area contributed by atoms with Gasteiger partial charge in [0, 0.05) is 25.2 Å². The molecule has 0 spiro atoms. The molecule has 2 aliphatic heterocycles. The number of rotatable bonds is 5. The predicted molar refractivity (Wildman–Crippen MR) is 79.4 cm³/mol. The second kappa shape index (κ2) is 6.02. The Morgan fingerprint density at radius 2 is 2.00 bits per heavy atom. The van der Waals surface area contributed by atoms with Crippen molar-refractivity contribution >= 4 is 0 Å². The number of methoxy groups -OCH3 is 2. The summed E-state index contributed by atoms with van der Waals surface area (Å²) < 4.78 is 10.6. The van der Waals surface area contributed by atoms with Crippen LogP contribution in [0.15, 0.2) is 18.2 Å². The van der Waals surface area contributed by atoms with Crippen molar-refractivity contribution < 1.29 is 9.47 Å². The van der Waals surface area contributed by atoms with Gasteiger partial charge in [-0.25, -0.2) is 0 Å². The van der Waals surface area contributed by atoms with Gasteiger partial charge >= 0.3 is 0 Å². The molecule has 4 heteroatoms. The average molecular weight is 276 g/mol. The predicted octanol–water partition coefficient (Wildman–Crippen LogP) is 2.03. The van der Waals surface area contributed by atoms with Gasteiger partial charge in [-0.15, -0.1) is 0 Å². The molecule has 0 amide bonds. The average Bonchev–Trinajstić information content (AvgIpc) is 3.08. The maximum Gasteiger partial charge on any atom is 0.161 e. The minimum absolute atomic E-state index is 0.644. The second-order valence-electron chi connectivity index (χ2n) is 5.71. The molecule has 0 aliphatic carbocycles.